The highest BCUT2D eigenvalue weighted by atomic mass is 32.1. The average molecular weight is 377 g/mol. The van der Waals surface area contributed by atoms with Crippen molar-refractivity contribution >= 4 is 27.5 Å². The van der Waals surface area contributed by atoms with Crippen LogP contribution in [0.1, 0.15) is 63.2 Å². The Morgan fingerprint density at radius 3 is 2.73 bits per heavy atom. The van der Waals surface area contributed by atoms with Gasteiger partial charge in [0.2, 0.25) is 0 Å². The molecule has 0 saturated carbocycles. The monoisotopic (exact) mass is 376 g/mol. The number of fused-ring (bicyclic) bond motifs is 3. The third kappa shape index (κ3) is 3.56. The van der Waals surface area contributed by atoms with E-state index >= 15 is 0 Å². The Morgan fingerprint density at radius 1 is 1.38 bits per heavy atom. The first kappa shape index (κ1) is 19.1. The Kier molecular flexibility index (Phi) is 5.24. The summed E-state index contributed by atoms with van der Waals surface area (Å²) in [6.45, 7) is 9.10. The standard InChI is InChI=1S/C20H28N2O3S/c1-5-6-15-21-18-17(19(25)22(15)10-9-16(23)24)13-8-7-12(20(2,3)4)11-14(13)26-18/h12H,5-11H2,1-4H3,(H,23,24). The molecule has 0 spiro atoms. The van der Waals surface area contributed by atoms with E-state index in [0.717, 1.165) is 47.3 Å². The van der Waals surface area contributed by atoms with Crippen LogP contribution in [0, 0.1) is 11.3 Å². The predicted octanol–water partition coefficient (Wildman–Crippen LogP) is 4.04. The third-order valence-corrected chi connectivity index (χ3v) is 6.64. The van der Waals surface area contributed by atoms with Crippen LogP contribution in [0.3, 0.4) is 0 Å². The lowest BCUT2D eigenvalue weighted by Crippen LogP contribution is -2.28. The van der Waals surface area contributed by atoms with Gasteiger partial charge in [0.15, 0.2) is 0 Å². The quantitative estimate of drug-likeness (QED) is 0.855. The number of carboxylic acids is 1. The number of rotatable bonds is 5. The summed E-state index contributed by atoms with van der Waals surface area (Å²) in [7, 11) is 0. The van der Waals surface area contributed by atoms with E-state index < -0.39 is 5.97 Å². The lowest BCUT2D eigenvalue weighted by atomic mass is 9.72. The molecule has 0 aliphatic heterocycles. The van der Waals surface area contributed by atoms with E-state index in [1.54, 1.807) is 15.9 Å². The highest BCUT2D eigenvalue weighted by molar-refractivity contribution is 7.18. The highest BCUT2D eigenvalue weighted by Gasteiger charge is 2.32. The number of hydrogen-bond acceptors (Lipinski definition) is 4. The number of carboxylic acid groups (broad SMARTS) is 1. The van der Waals surface area contributed by atoms with Gasteiger partial charge >= 0.3 is 5.97 Å². The zero-order valence-corrected chi connectivity index (χ0v) is 16.9. The van der Waals surface area contributed by atoms with Crippen LogP contribution in [-0.2, 0) is 30.6 Å². The molecule has 0 aromatic carbocycles. The average Bonchev–Trinajstić information content (AvgIpc) is 2.91. The number of thiophene rings is 1. The zero-order chi connectivity index (χ0) is 19.1. The number of aromatic nitrogens is 2. The van der Waals surface area contributed by atoms with E-state index in [2.05, 4.69) is 20.8 Å². The number of hydrogen-bond donors (Lipinski definition) is 1. The maximum absolute atomic E-state index is 13.2. The van der Waals surface area contributed by atoms with Crippen molar-refractivity contribution in [3.05, 3.63) is 26.6 Å². The van der Waals surface area contributed by atoms with Crippen molar-refractivity contribution in [1.82, 2.24) is 9.55 Å². The lowest BCUT2D eigenvalue weighted by molar-refractivity contribution is -0.137. The van der Waals surface area contributed by atoms with Crippen molar-refractivity contribution in [3.63, 3.8) is 0 Å². The maximum Gasteiger partial charge on any atom is 0.305 e. The van der Waals surface area contributed by atoms with Gasteiger partial charge in [0.25, 0.3) is 5.56 Å². The largest absolute Gasteiger partial charge is 0.481 e. The van der Waals surface area contributed by atoms with Crippen molar-refractivity contribution in [2.45, 2.75) is 72.8 Å². The molecule has 142 valence electrons. The first-order valence-corrected chi connectivity index (χ1v) is 10.3. The number of aryl methyl sites for hydroxylation is 2. The summed E-state index contributed by atoms with van der Waals surface area (Å²) in [6.07, 6.45) is 4.54. The van der Waals surface area contributed by atoms with Gasteiger partial charge in [0.05, 0.1) is 11.8 Å². The molecule has 0 saturated heterocycles. The minimum Gasteiger partial charge on any atom is -0.481 e. The molecular formula is C20H28N2O3S. The molecule has 6 heteroatoms. The molecular weight excluding hydrogens is 348 g/mol. The highest BCUT2D eigenvalue weighted by Crippen LogP contribution is 2.42. The van der Waals surface area contributed by atoms with Crippen LogP contribution in [0.25, 0.3) is 10.2 Å². The third-order valence-electron chi connectivity index (χ3n) is 5.50. The van der Waals surface area contributed by atoms with Crippen LogP contribution in [0.4, 0.5) is 0 Å². The van der Waals surface area contributed by atoms with Crippen molar-refractivity contribution in [3.8, 4) is 0 Å². The van der Waals surface area contributed by atoms with Crippen LogP contribution in [0.15, 0.2) is 4.79 Å². The van der Waals surface area contributed by atoms with Crippen LogP contribution in [-0.4, -0.2) is 20.6 Å². The zero-order valence-electron chi connectivity index (χ0n) is 16.1. The Hall–Kier alpha value is -1.69. The maximum atomic E-state index is 13.2. The number of nitrogens with zero attached hydrogens (tertiary/aromatic N) is 2. The lowest BCUT2D eigenvalue weighted by Gasteiger charge is -2.33. The van der Waals surface area contributed by atoms with Crippen LogP contribution in [0.5, 0.6) is 0 Å². The minimum atomic E-state index is -0.889. The second-order valence-corrected chi connectivity index (χ2v) is 9.45. The Labute approximate surface area is 158 Å². The predicted molar refractivity (Wildman–Crippen MR) is 105 cm³/mol. The molecule has 0 radical (unpaired) electrons. The van der Waals surface area contributed by atoms with Crippen LogP contribution >= 0.6 is 11.3 Å². The SMILES string of the molecule is CCCc1nc2sc3c(c2c(=O)n1CCC(=O)O)CCC(C(C)(C)C)C3. The van der Waals surface area contributed by atoms with E-state index in [4.69, 9.17) is 10.1 Å². The number of aliphatic carboxylic acids is 1. The first-order valence-electron chi connectivity index (χ1n) is 9.48. The van der Waals surface area contributed by atoms with E-state index in [9.17, 15) is 9.59 Å². The van der Waals surface area contributed by atoms with Crippen molar-refractivity contribution in [2.24, 2.45) is 11.3 Å². The van der Waals surface area contributed by atoms with E-state index in [-0.39, 0.29) is 23.9 Å². The van der Waals surface area contributed by atoms with Gasteiger partial charge in [0.1, 0.15) is 10.7 Å². The van der Waals surface area contributed by atoms with Gasteiger partial charge in [-0.3, -0.25) is 14.2 Å². The topological polar surface area (TPSA) is 72.2 Å². The molecule has 2 heterocycles. The Morgan fingerprint density at radius 2 is 2.12 bits per heavy atom. The fourth-order valence-corrected chi connectivity index (χ4v) is 5.20. The normalized spacial score (nSPS) is 17.5. The van der Waals surface area contributed by atoms with Gasteiger partial charge < -0.3 is 5.11 Å². The Bertz CT molecular complexity index is 889. The number of carbonyl (C=O) groups is 1. The van der Waals surface area contributed by atoms with Crippen LogP contribution < -0.4 is 5.56 Å². The minimum absolute atomic E-state index is 0.0496. The molecule has 0 fully saturated rings. The first-order chi connectivity index (χ1) is 12.2. The van der Waals surface area contributed by atoms with Gasteiger partial charge in [-0.15, -0.1) is 11.3 Å². The fraction of sp³-hybridized carbons (Fsp3) is 0.650. The molecule has 1 atom stereocenters. The molecule has 1 aliphatic rings. The molecule has 1 N–H and O–H groups in total. The summed E-state index contributed by atoms with van der Waals surface area (Å²) in [6, 6.07) is 0. The smallest absolute Gasteiger partial charge is 0.305 e. The van der Waals surface area contributed by atoms with E-state index in [1.807, 2.05) is 6.92 Å². The molecule has 1 aliphatic carbocycles. The molecule has 2 aromatic heterocycles. The summed E-state index contributed by atoms with van der Waals surface area (Å²) in [4.78, 5) is 31.1. The molecule has 2 aromatic rings. The molecule has 1 unspecified atom stereocenters. The van der Waals surface area contributed by atoms with E-state index in [0.29, 0.717) is 12.3 Å². The van der Waals surface area contributed by atoms with Crippen molar-refractivity contribution in [2.75, 3.05) is 0 Å². The molecule has 0 bridgehead atoms. The van der Waals surface area contributed by atoms with Crippen molar-refractivity contribution < 1.29 is 9.90 Å². The summed E-state index contributed by atoms with van der Waals surface area (Å²) in [5.74, 6) is 0.449. The van der Waals surface area contributed by atoms with E-state index in [1.165, 1.54) is 4.88 Å². The van der Waals surface area contributed by atoms with Gasteiger partial charge in [-0.2, -0.15) is 0 Å². The van der Waals surface area contributed by atoms with Gasteiger partial charge in [-0.1, -0.05) is 27.7 Å². The van der Waals surface area contributed by atoms with Gasteiger partial charge in [-0.05, 0) is 42.6 Å². The second kappa shape index (κ2) is 7.14. The fourth-order valence-electron chi connectivity index (χ4n) is 3.89. The second-order valence-electron chi connectivity index (χ2n) is 8.37. The van der Waals surface area contributed by atoms with Crippen molar-refractivity contribution in [1.29, 1.82) is 0 Å². The summed E-state index contributed by atoms with van der Waals surface area (Å²) < 4.78 is 1.60. The summed E-state index contributed by atoms with van der Waals surface area (Å²) >= 11 is 1.67. The summed E-state index contributed by atoms with van der Waals surface area (Å²) in [5, 5.41) is 9.76. The van der Waals surface area contributed by atoms with Crippen LogP contribution in [0.2, 0.25) is 0 Å². The molecule has 26 heavy (non-hydrogen) atoms. The molecule has 0 amide bonds. The summed E-state index contributed by atoms with van der Waals surface area (Å²) in [5.41, 5.74) is 1.37. The van der Waals surface area contributed by atoms with Gasteiger partial charge in [0, 0.05) is 17.8 Å². The molecule has 5 nitrogen and oxygen atoms in total. The Balaban J connectivity index is 2.10. The van der Waals surface area contributed by atoms with Gasteiger partial charge in [-0.25, -0.2) is 4.98 Å². The molecule has 3 rings (SSSR count).